The third-order valence-corrected chi connectivity index (χ3v) is 7.06. The van der Waals surface area contributed by atoms with E-state index in [2.05, 4.69) is 25.4 Å². The van der Waals surface area contributed by atoms with Crippen molar-refractivity contribution in [3.8, 4) is 0 Å². The fraction of sp³-hybridized carbons (Fsp3) is 0.500. The van der Waals surface area contributed by atoms with Gasteiger partial charge in [0.1, 0.15) is 6.10 Å². The largest absolute Gasteiger partial charge is 0.393 e. The van der Waals surface area contributed by atoms with E-state index in [9.17, 15) is 5.11 Å². The number of piperidine rings is 1. The molecule has 0 amide bonds. The molecule has 9 heteroatoms. The summed E-state index contributed by atoms with van der Waals surface area (Å²) in [6.45, 7) is 5.68. The molecule has 2 N–H and O–H groups in total. The van der Waals surface area contributed by atoms with Crippen molar-refractivity contribution < 1.29 is 18.6 Å². The standard InChI is InChI=1S/C26H31F2N5O2/c1-16(18-5-3-6-19(13-18)26(27,28)23-7-4-12-35-23)30-25-22-14-20(33-10-8-21(34)9-11-33)15-29-24(22)17(2)31-32-25/h3,5-6,13-16,21,23,34H,4,7-12H2,1-2H3,(H,30,32)/t16-,23?/m1/s1. The summed E-state index contributed by atoms with van der Waals surface area (Å²) in [5.74, 6) is -2.48. The predicted molar refractivity (Wildman–Crippen MR) is 131 cm³/mol. The number of halogens is 2. The third kappa shape index (κ3) is 4.79. The lowest BCUT2D eigenvalue weighted by Crippen LogP contribution is -2.35. The van der Waals surface area contributed by atoms with Gasteiger partial charge in [-0.2, -0.15) is 13.9 Å². The average molecular weight is 484 g/mol. The quantitative estimate of drug-likeness (QED) is 0.524. The number of aromatic nitrogens is 3. The van der Waals surface area contributed by atoms with Gasteiger partial charge in [0.15, 0.2) is 5.82 Å². The van der Waals surface area contributed by atoms with Gasteiger partial charge in [-0.25, -0.2) is 0 Å². The lowest BCUT2D eigenvalue weighted by Gasteiger charge is -2.31. The SMILES string of the molecule is Cc1nnc(N[C@H](C)c2cccc(C(F)(F)C3CCCO3)c2)c2cc(N3CCC(O)CC3)cnc12. The van der Waals surface area contributed by atoms with Gasteiger partial charge < -0.3 is 20.1 Å². The first-order valence-corrected chi connectivity index (χ1v) is 12.3. The number of aliphatic hydroxyl groups is 1. The second-order valence-corrected chi connectivity index (χ2v) is 9.56. The van der Waals surface area contributed by atoms with Crippen LogP contribution in [0.25, 0.3) is 10.9 Å². The monoisotopic (exact) mass is 483 g/mol. The number of nitrogens with one attached hydrogen (secondary N) is 1. The van der Waals surface area contributed by atoms with Crippen LogP contribution in [0.4, 0.5) is 20.3 Å². The predicted octanol–water partition coefficient (Wildman–Crippen LogP) is 4.74. The molecule has 0 saturated carbocycles. The first-order chi connectivity index (χ1) is 16.8. The van der Waals surface area contributed by atoms with E-state index < -0.39 is 12.0 Å². The number of alkyl halides is 2. The van der Waals surface area contributed by atoms with E-state index in [4.69, 9.17) is 4.74 Å². The molecule has 3 aromatic rings. The Hall–Kier alpha value is -2.91. The van der Waals surface area contributed by atoms with Gasteiger partial charge in [0, 0.05) is 30.6 Å². The smallest absolute Gasteiger partial charge is 0.298 e. The normalized spacial score (nSPS) is 20.4. The zero-order valence-corrected chi connectivity index (χ0v) is 20.0. The average Bonchev–Trinajstić information content (AvgIpc) is 3.42. The second-order valence-electron chi connectivity index (χ2n) is 9.56. The van der Waals surface area contributed by atoms with Crippen molar-refractivity contribution in [2.75, 3.05) is 29.9 Å². The van der Waals surface area contributed by atoms with Crippen LogP contribution in [0.15, 0.2) is 36.5 Å². The molecule has 1 unspecified atom stereocenters. The van der Waals surface area contributed by atoms with Gasteiger partial charge in [-0.1, -0.05) is 18.2 Å². The van der Waals surface area contributed by atoms with E-state index in [0.717, 1.165) is 53.8 Å². The van der Waals surface area contributed by atoms with E-state index in [0.29, 0.717) is 25.3 Å². The van der Waals surface area contributed by atoms with E-state index >= 15 is 8.78 Å². The number of rotatable bonds is 6. The molecular formula is C26H31F2N5O2. The van der Waals surface area contributed by atoms with E-state index in [1.165, 1.54) is 6.07 Å². The molecule has 186 valence electrons. The fourth-order valence-corrected chi connectivity index (χ4v) is 4.91. The molecule has 2 aliphatic heterocycles. The Balaban J connectivity index is 1.42. The third-order valence-electron chi connectivity index (χ3n) is 7.06. The van der Waals surface area contributed by atoms with Gasteiger partial charge >= 0.3 is 0 Å². The highest BCUT2D eigenvalue weighted by Gasteiger charge is 2.44. The van der Waals surface area contributed by atoms with Crippen LogP contribution in [0.5, 0.6) is 0 Å². The van der Waals surface area contributed by atoms with Gasteiger partial charge in [-0.05, 0) is 57.2 Å². The lowest BCUT2D eigenvalue weighted by atomic mass is 9.97. The summed E-state index contributed by atoms with van der Waals surface area (Å²) >= 11 is 0. The Labute approximate surface area is 203 Å². The minimum absolute atomic E-state index is 0.0355. The fourth-order valence-electron chi connectivity index (χ4n) is 4.91. The Bertz CT molecular complexity index is 1190. The van der Waals surface area contributed by atoms with Crippen molar-refractivity contribution in [1.29, 1.82) is 0 Å². The highest BCUT2D eigenvalue weighted by molar-refractivity contribution is 5.92. The number of fused-ring (bicyclic) bond motifs is 1. The molecule has 35 heavy (non-hydrogen) atoms. The number of nitrogens with zero attached hydrogens (tertiary/aromatic N) is 4. The Morgan fingerprint density at radius 2 is 1.97 bits per heavy atom. The summed E-state index contributed by atoms with van der Waals surface area (Å²) in [7, 11) is 0. The maximum absolute atomic E-state index is 15.0. The van der Waals surface area contributed by atoms with Crippen LogP contribution < -0.4 is 10.2 Å². The van der Waals surface area contributed by atoms with Crippen molar-refractivity contribution in [3.05, 3.63) is 53.3 Å². The summed E-state index contributed by atoms with van der Waals surface area (Å²) < 4.78 is 35.4. The number of ether oxygens (including phenoxy) is 1. The van der Waals surface area contributed by atoms with Crippen LogP contribution in [0, 0.1) is 6.92 Å². The molecular weight excluding hydrogens is 452 g/mol. The minimum Gasteiger partial charge on any atom is -0.393 e. The summed E-state index contributed by atoms with van der Waals surface area (Å²) in [5, 5.41) is 22.7. The van der Waals surface area contributed by atoms with Crippen LogP contribution in [0.2, 0.25) is 0 Å². The first kappa shape index (κ1) is 23.8. The van der Waals surface area contributed by atoms with E-state index in [1.807, 2.05) is 32.2 Å². The summed E-state index contributed by atoms with van der Waals surface area (Å²) in [6.07, 6.45) is 2.97. The number of aliphatic hydroxyl groups excluding tert-OH is 1. The molecule has 0 radical (unpaired) electrons. The number of anilines is 2. The van der Waals surface area contributed by atoms with Crippen molar-refractivity contribution in [3.63, 3.8) is 0 Å². The van der Waals surface area contributed by atoms with Crippen LogP contribution >= 0.6 is 0 Å². The Kier molecular flexibility index (Phi) is 6.55. The summed E-state index contributed by atoms with van der Waals surface area (Å²) in [5.41, 5.74) is 3.12. The molecule has 0 bridgehead atoms. The Morgan fingerprint density at radius 3 is 2.71 bits per heavy atom. The molecule has 0 spiro atoms. The molecule has 4 heterocycles. The van der Waals surface area contributed by atoms with Gasteiger partial charge in [0.25, 0.3) is 5.92 Å². The minimum atomic E-state index is -3.04. The van der Waals surface area contributed by atoms with Crippen LogP contribution in [-0.4, -0.2) is 52.2 Å². The Morgan fingerprint density at radius 1 is 1.17 bits per heavy atom. The van der Waals surface area contributed by atoms with E-state index in [1.54, 1.807) is 12.1 Å². The maximum atomic E-state index is 15.0. The topological polar surface area (TPSA) is 83.4 Å². The summed E-state index contributed by atoms with van der Waals surface area (Å²) in [6, 6.07) is 8.26. The lowest BCUT2D eigenvalue weighted by molar-refractivity contribution is -0.122. The number of hydrogen-bond acceptors (Lipinski definition) is 7. The van der Waals surface area contributed by atoms with Gasteiger partial charge in [0.05, 0.1) is 35.2 Å². The molecule has 2 aliphatic rings. The molecule has 5 rings (SSSR count). The molecule has 2 atom stereocenters. The molecule has 0 aliphatic carbocycles. The number of aryl methyl sites for hydroxylation is 1. The van der Waals surface area contributed by atoms with Crippen molar-refractivity contribution in [1.82, 2.24) is 15.2 Å². The molecule has 7 nitrogen and oxygen atoms in total. The molecule has 1 aromatic carbocycles. The van der Waals surface area contributed by atoms with Crippen LogP contribution in [0.3, 0.4) is 0 Å². The number of benzene rings is 1. The van der Waals surface area contributed by atoms with Gasteiger partial charge in [-0.3, -0.25) is 4.98 Å². The highest BCUT2D eigenvalue weighted by atomic mass is 19.3. The number of pyridine rings is 1. The maximum Gasteiger partial charge on any atom is 0.298 e. The molecule has 2 aromatic heterocycles. The second kappa shape index (κ2) is 9.62. The van der Waals surface area contributed by atoms with Crippen molar-refractivity contribution in [2.45, 2.75) is 63.7 Å². The summed E-state index contributed by atoms with van der Waals surface area (Å²) in [4.78, 5) is 6.85. The van der Waals surface area contributed by atoms with Crippen molar-refractivity contribution >= 4 is 22.4 Å². The zero-order chi connectivity index (χ0) is 24.6. The molecule has 2 fully saturated rings. The zero-order valence-electron chi connectivity index (χ0n) is 20.0. The van der Waals surface area contributed by atoms with Gasteiger partial charge in [-0.15, -0.1) is 5.10 Å². The van der Waals surface area contributed by atoms with Crippen LogP contribution in [-0.2, 0) is 10.7 Å². The van der Waals surface area contributed by atoms with Gasteiger partial charge in [0.2, 0.25) is 0 Å². The van der Waals surface area contributed by atoms with Crippen LogP contribution in [0.1, 0.15) is 55.5 Å². The first-order valence-electron chi connectivity index (χ1n) is 12.3. The van der Waals surface area contributed by atoms with Crippen molar-refractivity contribution in [2.24, 2.45) is 0 Å². The number of hydrogen-bond donors (Lipinski definition) is 2. The molecule has 2 saturated heterocycles. The van der Waals surface area contributed by atoms with E-state index in [-0.39, 0.29) is 17.7 Å². The highest BCUT2D eigenvalue weighted by Crippen LogP contribution is 2.39.